The lowest BCUT2D eigenvalue weighted by Gasteiger charge is -2.07. The molecule has 0 unspecified atom stereocenters. The molecule has 20 heavy (non-hydrogen) atoms. The van der Waals surface area contributed by atoms with Crippen LogP contribution in [0.15, 0.2) is 27.6 Å². The van der Waals surface area contributed by atoms with Gasteiger partial charge in [0.1, 0.15) is 5.69 Å². The number of pyridine rings is 1. The third kappa shape index (κ3) is 3.11. The number of hydrogen-bond donors (Lipinski definition) is 2. The molecule has 0 fully saturated rings. The Morgan fingerprint density at radius 1 is 1.50 bits per heavy atom. The van der Waals surface area contributed by atoms with Crippen molar-refractivity contribution >= 4 is 21.9 Å². The highest BCUT2D eigenvalue weighted by atomic mass is 79.9. The lowest BCUT2D eigenvalue weighted by molar-refractivity contribution is -0.136. The minimum Gasteiger partial charge on any atom is -0.481 e. The van der Waals surface area contributed by atoms with Crippen molar-refractivity contribution in [1.82, 2.24) is 15.0 Å². The number of carboxylic acids is 1. The molecule has 104 valence electrons. The van der Waals surface area contributed by atoms with Crippen LogP contribution in [0.5, 0.6) is 0 Å². The van der Waals surface area contributed by atoms with E-state index >= 15 is 0 Å². The number of nitrogens with zero attached hydrogens (tertiary/aromatic N) is 2. The lowest BCUT2D eigenvalue weighted by atomic mass is 10.1. The van der Waals surface area contributed by atoms with E-state index in [1.54, 1.807) is 25.3 Å². The normalized spacial score (nSPS) is 10.5. The summed E-state index contributed by atoms with van der Waals surface area (Å²) >= 11 is 3.35. The number of aryl methyl sites for hydroxylation is 1. The number of carboxylic acid groups (broad SMARTS) is 1. The summed E-state index contributed by atoms with van der Waals surface area (Å²) in [5.41, 5.74) is 1.12. The fourth-order valence-electron chi connectivity index (χ4n) is 1.81. The molecule has 0 spiro atoms. The van der Waals surface area contributed by atoms with Crippen LogP contribution in [0.25, 0.3) is 11.5 Å². The zero-order chi connectivity index (χ0) is 14.7. The van der Waals surface area contributed by atoms with Crippen LogP contribution in [0, 0.1) is 6.92 Å². The van der Waals surface area contributed by atoms with E-state index in [1.165, 1.54) is 0 Å². The molecule has 0 amide bonds. The van der Waals surface area contributed by atoms with E-state index in [9.17, 15) is 9.59 Å². The van der Waals surface area contributed by atoms with E-state index in [-0.39, 0.29) is 18.4 Å². The van der Waals surface area contributed by atoms with Crippen molar-refractivity contribution < 1.29 is 9.90 Å². The van der Waals surface area contributed by atoms with Crippen LogP contribution in [0.4, 0.5) is 0 Å². The number of aliphatic carboxylic acids is 1. The summed E-state index contributed by atoms with van der Waals surface area (Å²) in [7, 11) is 0. The van der Waals surface area contributed by atoms with Crippen molar-refractivity contribution in [2.45, 2.75) is 19.8 Å². The average molecular weight is 338 g/mol. The number of carbonyl (C=O) groups is 1. The molecule has 2 N–H and O–H groups in total. The van der Waals surface area contributed by atoms with Gasteiger partial charge in [0.2, 0.25) is 0 Å². The van der Waals surface area contributed by atoms with Crippen molar-refractivity contribution in [3.8, 4) is 11.5 Å². The Morgan fingerprint density at radius 3 is 2.85 bits per heavy atom. The lowest BCUT2D eigenvalue weighted by Crippen LogP contribution is -2.18. The number of hydrogen-bond acceptors (Lipinski definition) is 4. The van der Waals surface area contributed by atoms with E-state index in [0.29, 0.717) is 22.8 Å². The van der Waals surface area contributed by atoms with Gasteiger partial charge in [-0.2, -0.15) is 0 Å². The highest BCUT2D eigenvalue weighted by molar-refractivity contribution is 9.10. The Kier molecular flexibility index (Phi) is 4.29. The van der Waals surface area contributed by atoms with Crippen LogP contribution < -0.4 is 5.56 Å². The first kappa shape index (κ1) is 14.4. The van der Waals surface area contributed by atoms with Gasteiger partial charge in [-0.3, -0.25) is 14.6 Å². The number of rotatable bonds is 4. The highest BCUT2D eigenvalue weighted by Gasteiger charge is 2.13. The molecule has 0 aliphatic heterocycles. The number of aromatic nitrogens is 3. The van der Waals surface area contributed by atoms with Gasteiger partial charge in [-0.25, -0.2) is 4.98 Å². The second-order valence-corrected chi connectivity index (χ2v) is 5.06. The van der Waals surface area contributed by atoms with E-state index in [4.69, 9.17) is 5.11 Å². The summed E-state index contributed by atoms with van der Waals surface area (Å²) in [5, 5.41) is 8.68. The predicted octanol–water partition coefficient (Wildman–Crippen LogP) is 1.92. The SMILES string of the molecule is Cc1nc(-c2ncccc2Br)[nH]c(=O)c1CCC(=O)O. The second-order valence-electron chi connectivity index (χ2n) is 4.21. The summed E-state index contributed by atoms with van der Waals surface area (Å²) in [4.78, 5) is 33.7. The van der Waals surface area contributed by atoms with Gasteiger partial charge in [0.15, 0.2) is 5.82 Å². The van der Waals surface area contributed by atoms with Crippen LogP contribution in [0.2, 0.25) is 0 Å². The maximum Gasteiger partial charge on any atom is 0.303 e. The Labute approximate surface area is 123 Å². The van der Waals surface area contributed by atoms with E-state index < -0.39 is 5.97 Å². The van der Waals surface area contributed by atoms with Crippen molar-refractivity contribution in [2.75, 3.05) is 0 Å². The number of halogens is 1. The van der Waals surface area contributed by atoms with E-state index in [1.807, 2.05) is 0 Å². The minimum absolute atomic E-state index is 0.0990. The topological polar surface area (TPSA) is 95.9 Å². The zero-order valence-corrected chi connectivity index (χ0v) is 12.3. The Hall–Kier alpha value is -2.02. The number of aromatic amines is 1. The van der Waals surface area contributed by atoms with Crippen molar-refractivity contribution in [3.05, 3.63) is 44.4 Å². The minimum atomic E-state index is -0.944. The van der Waals surface area contributed by atoms with Crippen molar-refractivity contribution in [2.24, 2.45) is 0 Å². The van der Waals surface area contributed by atoms with Gasteiger partial charge in [0.05, 0.1) is 0 Å². The maximum absolute atomic E-state index is 12.0. The maximum atomic E-state index is 12.0. The smallest absolute Gasteiger partial charge is 0.303 e. The summed E-state index contributed by atoms with van der Waals surface area (Å²) in [6, 6.07) is 3.57. The first-order valence-electron chi connectivity index (χ1n) is 5.91. The monoisotopic (exact) mass is 337 g/mol. The molecule has 0 aliphatic rings. The van der Waals surface area contributed by atoms with Gasteiger partial charge in [-0.05, 0) is 41.4 Å². The average Bonchev–Trinajstić information content (AvgIpc) is 2.37. The third-order valence-corrected chi connectivity index (χ3v) is 3.43. The predicted molar refractivity (Wildman–Crippen MR) is 76.5 cm³/mol. The quantitative estimate of drug-likeness (QED) is 0.888. The molecule has 7 heteroatoms. The van der Waals surface area contributed by atoms with Crippen LogP contribution >= 0.6 is 15.9 Å². The molecule has 0 radical (unpaired) electrons. The third-order valence-electron chi connectivity index (χ3n) is 2.79. The number of H-pyrrole nitrogens is 1. The molecule has 2 aromatic rings. The van der Waals surface area contributed by atoms with Crippen LogP contribution in [0.3, 0.4) is 0 Å². The summed E-state index contributed by atoms with van der Waals surface area (Å²) in [6.45, 7) is 1.69. The zero-order valence-electron chi connectivity index (χ0n) is 10.7. The molecular weight excluding hydrogens is 326 g/mol. The fourth-order valence-corrected chi connectivity index (χ4v) is 2.25. The Balaban J connectivity index is 2.43. The molecule has 2 rings (SSSR count). The van der Waals surface area contributed by atoms with Gasteiger partial charge in [-0.1, -0.05) is 0 Å². The highest BCUT2D eigenvalue weighted by Crippen LogP contribution is 2.22. The molecule has 0 saturated carbocycles. The van der Waals surface area contributed by atoms with Crippen molar-refractivity contribution in [1.29, 1.82) is 0 Å². The molecule has 0 bridgehead atoms. The summed E-state index contributed by atoms with van der Waals surface area (Å²) in [6.07, 6.45) is 1.67. The van der Waals surface area contributed by atoms with Crippen LogP contribution in [-0.4, -0.2) is 26.0 Å². The standard InChI is InChI=1S/C13H12BrN3O3/c1-7-8(4-5-10(18)19)13(20)17-12(16-7)11-9(14)3-2-6-15-11/h2-3,6H,4-5H2,1H3,(H,18,19)(H,16,17,20). The largest absolute Gasteiger partial charge is 0.481 e. The molecule has 2 aromatic heterocycles. The molecule has 0 atom stereocenters. The first-order valence-corrected chi connectivity index (χ1v) is 6.71. The van der Waals surface area contributed by atoms with E-state index in [2.05, 4.69) is 30.9 Å². The van der Waals surface area contributed by atoms with Gasteiger partial charge in [-0.15, -0.1) is 0 Å². The van der Waals surface area contributed by atoms with Crippen molar-refractivity contribution in [3.63, 3.8) is 0 Å². The molecule has 0 aromatic carbocycles. The molecule has 0 aliphatic carbocycles. The van der Waals surface area contributed by atoms with Gasteiger partial charge in [0.25, 0.3) is 5.56 Å². The van der Waals surface area contributed by atoms with E-state index in [0.717, 1.165) is 4.47 Å². The second kappa shape index (κ2) is 5.96. The first-order chi connectivity index (χ1) is 9.49. The molecule has 0 saturated heterocycles. The number of nitrogens with one attached hydrogen (secondary N) is 1. The summed E-state index contributed by atoms with van der Waals surface area (Å²) in [5.74, 6) is -0.584. The Bertz CT molecular complexity index is 712. The fraction of sp³-hybridized carbons (Fsp3) is 0.231. The van der Waals surface area contributed by atoms with Gasteiger partial charge in [0, 0.05) is 28.3 Å². The molecule has 2 heterocycles. The van der Waals surface area contributed by atoms with Gasteiger partial charge < -0.3 is 10.1 Å². The Morgan fingerprint density at radius 2 is 2.25 bits per heavy atom. The van der Waals surface area contributed by atoms with Crippen LogP contribution in [-0.2, 0) is 11.2 Å². The summed E-state index contributed by atoms with van der Waals surface area (Å²) < 4.78 is 0.723. The van der Waals surface area contributed by atoms with Crippen LogP contribution in [0.1, 0.15) is 17.7 Å². The molecule has 6 nitrogen and oxygen atoms in total. The van der Waals surface area contributed by atoms with Gasteiger partial charge >= 0.3 is 5.97 Å². The molecular formula is C13H12BrN3O3.